The molecule has 2 aliphatic rings. The first kappa shape index (κ1) is 15.7. The standard InChI is InChI=1S/C15H24N4O2S/c1-4-5-6-10-18-19-14(22-10)17-13(20)16-11-9-7-8-21-12(9)15(11,2)3/h9,11-12H,4-8H2,1-3H3,(H2,16,17,19,20)/t9-,11+,12+/m0/s1. The SMILES string of the molecule is CCCCc1nnc(NC(=O)N[C@@H]2[C@@H]3CCO[C@H]3C2(C)C)s1. The van der Waals surface area contributed by atoms with Crippen molar-refractivity contribution in [2.24, 2.45) is 11.3 Å². The fraction of sp³-hybridized carbons (Fsp3) is 0.800. The lowest BCUT2D eigenvalue weighted by atomic mass is 9.57. The molecule has 1 aliphatic carbocycles. The molecular formula is C15H24N4O2S. The first-order valence-corrected chi connectivity index (χ1v) is 8.85. The van der Waals surface area contributed by atoms with Crippen molar-refractivity contribution in [1.82, 2.24) is 15.5 Å². The van der Waals surface area contributed by atoms with Crippen LogP contribution in [0.3, 0.4) is 0 Å². The Morgan fingerprint density at radius 1 is 1.45 bits per heavy atom. The number of nitrogens with one attached hydrogen (secondary N) is 2. The predicted octanol–water partition coefficient (Wildman–Crippen LogP) is 2.82. The van der Waals surface area contributed by atoms with Crippen molar-refractivity contribution >= 4 is 22.5 Å². The third kappa shape index (κ3) is 2.84. The summed E-state index contributed by atoms with van der Waals surface area (Å²) in [5, 5.41) is 15.6. The van der Waals surface area contributed by atoms with E-state index in [0.717, 1.165) is 37.3 Å². The van der Waals surface area contributed by atoms with E-state index in [4.69, 9.17) is 4.74 Å². The van der Waals surface area contributed by atoms with Crippen molar-refractivity contribution in [2.45, 2.75) is 58.6 Å². The molecule has 0 bridgehead atoms. The van der Waals surface area contributed by atoms with Crippen molar-refractivity contribution < 1.29 is 9.53 Å². The Morgan fingerprint density at radius 2 is 2.27 bits per heavy atom. The summed E-state index contributed by atoms with van der Waals surface area (Å²) in [6, 6.07) is -0.0332. The van der Waals surface area contributed by atoms with Crippen molar-refractivity contribution in [3.63, 3.8) is 0 Å². The van der Waals surface area contributed by atoms with Crippen molar-refractivity contribution in [1.29, 1.82) is 0 Å². The summed E-state index contributed by atoms with van der Waals surface area (Å²) in [6.45, 7) is 7.25. The fourth-order valence-electron chi connectivity index (χ4n) is 3.62. The van der Waals surface area contributed by atoms with Crippen LogP contribution in [0.4, 0.5) is 9.93 Å². The maximum absolute atomic E-state index is 12.2. The third-order valence-corrected chi connectivity index (χ3v) is 5.72. The Balaban J connectivity index is 1.53. The lowest BCUT2D eigenvalue weighted by Crippen LogP contribution is -2.67. The second kappa shape index (κ2) is 6.12. The highest BCUT2D eigenvalue weighted by Crippen LogP contribution is 2.52. The van der Waals surface area contributed by atoms with E-state index in [-0.39, 0.29) is 23.6 Å². The highest BCUT2D eigenvalue weighted by atomic mass is 32.1. The average Bonchev–Trinajstić information content (AvgIpc) is 3.10. The van der Waals surface area contributed by atoms with Gasteiger partial charge in [0, 0.05) is 30.4 Å². The number of aryl methyl sites for hydroxylation is 1. The molecule has 7 heteroatoms. The Bertz CT molecular complexity index is 545. The van der Waals surface area contributed by atoms with Crippen LogP contribution in [0.5, 0.6) is 0 Å². The topological polar surface area (TPSA) is 76.1 Å². The van der Waals surface area contributed by atoms with E-state index in [0.29, 0.717) is 11.0 Å². The van der Waals surface area contributed by atoms with Gasteiger partial charge in [0.25, 0.3) is 0 Å². The number of ether oxygens (including phenoxy) is 1. The number of carbonyl (C=O) groups excluding carboxylic acids is 1. The molecule has 1 saturated heterocycles. The number of hydrogen-bond donors (Lipinski definition) is 2. The molecule has 0 radical (unpaired) electrons. The highest BCUT2D eigenvalue weighted by Gasteiger charge is 2.59. The number of aromatic nitrogens is 2. The second-order valence-corrected chi connectivity index (χ2v) is 7.81. The van der Waals surface area contributed by atoms with Gasteiger partial charge >= 0.3 is 6.03 Å². The summed E-state index contributed by atoms with van der Waals surface area (Å²) in [5.74, 6) is 0.440. The van der Waals surface area contributed by atoms with Gasteiger partial charge in [-0.1, -0.05) is 38.5 Å². The number of nitrogens with zero attached hydrogens (tertiary/aromatic N) is 2. The van der Waals surface area contributed by atoms with Gasteiger partial charge < -0.3 is 10.1 Å². The first-order chi connectivity index (χ1) is 10.5. The van der Waals surface area contributed by atoms with Gasteiger partial charge in [-0.05, 0) is 12.8 Å². The minimum atomic E-state index is -0.193. The van der Waals surface area contributed by atoms with Crippen molar-refractivity contribution in [3.8, 4) is 0 Å². The number of hydrogen-bond acceptors (Lipinski definition) is 5. The molecule has 1 aromatic rings. The molecule has 0 spiro atoms. The Kier molecular flexibility index (Phi) is 4.36. The van der Waals surface area contributed by atoms with Crippen LogP contribution in [0.15, 0.2) is 0 Å². The molecule has 0 aromatic carbocycles. The smallest absolute Gasteiger partial charge is 0.321 e. The van der Waals surface area contributed by atoms with E-state index in [9.17, 15) is 4.79 Å². The zero-order valence-corrected chi connectivity index (χ0v) is 14.2. The van der Waals surface area contributed by atoms with Crippen LogP contribution >= 0.6 is 11.3 Å². The molecule has 6 nitrogen and oxygen atoms in total. The molecule has 2 fully saturated rings. The van der Waals surface area contributed by atoms with Crippen LogP contribution in [-0.2, 0) is 11.2 Å². The Labute approximate surface area is 135 Å². The van der Waals surface area contributed by atoms with Gasteiger partial charge in [0.05, 0.1) is 6.10 Å². The molecule has 3 rings (SSSR count). The van der Waals surface area contributed by atoms with Gasteiger partial charge in [0.2, 0.25) is 5.13 Å². The molecule has 1 aliphatic heterocycles. The molecule has 1 saturated carbocycles. The minimum absolute atomic E-state index is 0.00801. The molecule has 2 amide bonds. The largest absolute Gasteiger partial charge is 0.377 e. The Morgan fingerprint density at radius 3 is 3.05 bits per heavy atom. The van der Waals surface area contributed by atoms with Crippen LogP contribution in [0, 0.1) is 11.3 Å². The molecule has 2 heterocycles. The van der Waals surface area contributed by atoms with Crippen molar-refractivity contribution in [3.05, 3.63) is 5.01 Å². The molecule has 1 aromatic heterocycles. The summed E-state index contributed by atoms with van der Waals surface area (Å²) in [5.41, 5.74) is -0.00801. The van der Waals surface area contributed by atoms with Gasteiger partial charge in [-0.15, -0.1) is 10.2 Å². The van der Waals surface area contributed by atoms with Crippen LogP contribution in [0.2, 0.25) is 0 Å². The highest BCUT2D eigenvalue weighted by molar-refractivity contribution is 7.15. The zero-order valence-electron chi connectivity index (χ0n) is 13.4. The van der Waals surface area contributed by atoms with Crippen LogP contribution in [0.25, 0.3) is 0 Å². The summed E-state index contributed by atoms with van der Waals surface area (Å²) < 4.78 is 5.75. The van der Waals surface area contributed by atoms with Crippen molar-refractivity contribution in [2.75, 3.05) is 11.9 Å². The second-order valence-electron chi connectivity index (χ2n) is 6.75. The first-order valence-electron chi connectivity index (χ1n) is 8.04. The third-order valence-electron chi connectivity index (χ3n) is 4.82. The number of carbonyl (C=O) groups is 1. The quantitative estimate of drug-likeness (QED) is 0.873. The van der Waals surface area contributed by atoms with Gasteiger partial charge in [0.15, 0.2) is 0 Å². The number of urea groups is 1. The number of fused-ring (bicyclic) bond motifs is 1. The summed E-state index contributed by atoms with van der Waals surface area (Å²) in [4.78, 5) is 12.2. The van der Waals surface area contributed by atoms with Crippen LogP contribution in [0.1, 0.15) is 45.0 Å². The molecule has 3 atom stereocenters. The summed E-state index contributed by atoms with van der Waals surface area (Å²) >= 11 is 1.45. The average molecular weight is 324 g/mol. The monoisotopic (exact) mass is 324 g/mol. The minimum Gasteiger partial charge on any atom is -0.377 e. The van der Waals surface area contributed by atoms with E-state index in [2.05, 4.69) is 41.6 Å². The maximum Gasteiger partial charge on any atom is 0.321 e. The Hall–Kier alpha value is -1.21. The van der Waals surface area contributed by atoms with Gasteiger partial charge in [-0.25, -0.2) is 4.79 Å². The molecule has 22 heavy (non-hydrogen) atoms. The van der Waals surface area contributed by atoms with E-state index >= 15 is 0 Å². The van der Waals surface area contributed by atoms with Gasteiger partial charge in [0.1, 0.15) is 5.01 Å². The predicted molar refractivity (Wildman–Crippen MR) is 86.1 cm³/mol. The molecule has 2 N–H and O–H groups in total. The maximum atomic E-state index is 12.2. The molecular weight excluding hydrogens is 300 g/mol. The van der Waals surface area contributed by atoms with E-state index < -0.39 is 0 Å². The molecule has 0 unspecified atom stereocenters. The lowest BCUT2D eigenvalue weighted by Gasteiger charge is -2.54. The van der Waals surface area contributed by atoms with E-state index in [1.807, 2.05) is 0 Å². The number of anilines is 1. The van der Waals surface area contributed by atoms with Gasteiger partial charge in [-0.2, -0.15) is 0 Å². The van der Waals surface area contributed by atoms with E-state index in [1.54, 1.807) is 0 Å². The van der Waals surface area contributed by atoms with Crippen LogP contribution in [-0.4, -0.2) is 35.0 Å². The molecule has 122 valence electrons. The van der Waals surface area contributed by atoms with E-state index in [1.165, 1.54) is 11.3 Å². The zero-order chi connectivity index (χ0) is 15.7. The summed E-state index contributed by atoms with van der Waals surface area (Å²) in [6.07, 6.45) is 4.46. The fourth-order valence-corrected chi connectivity index (χ4v) is 4.40. The normalized spacial score (nSPS) is 28.8. The van der Waals surface area contributed by atoms with Gasteiger partial charge in [-0.3, -0.25) is 5.32 Å². The number of rotatable bonds is 5. The lowest BCUT2D eigenvalue weighted by molar-refractivity contribution is -0.107. The number of amides is 2. The number of unbranched alkanes of at least 4 members (excludes halogenated alkanes) is 1. The summed E-state index contributed by atoms with van der Waals surface area (Å²) in [7, 11) is 0. The van der Waals surface area contributed by atoms with Crippen LogP contribution < -0.4 is 10.6 Å².